The Morgan fingerprint density at radius 3 is 2.88 bits per heavy atom. The number of nitrogens with one attached hydrogen (secondary N) is 1. The summed E-state index contributed by atoms with van der Waals surface area (Å²) >= 11 is 3.23. The van der Waals surface area contributed by atoms with Crippen LogP contribution >= 0.6 is 15.9 Å². The molecule has 6 heteroatoms. The summed E-state index contributed by atoms with van der Waals surface area (Å²) in [5.74, 6) is -1.44. The summed E-state index contributed by atoms with van der Waals surface area (Å²) in [6, 6.07) is 3.04. The monoisotopic (exact) mass is 305 g/mol. The van der Waals surface area contributed by atoms with Crippen LogP contribution < -0.4 is 5.32 Å². The molecule has 0 fully saturated rings. The molecule has 0 radical (unpaired) electrons. The fraction of sp³-hybridized carbons (Fsp3) is 0.364. The average molecular weight is 306 g/mol. The van der Waals surface area contributed by atoms with Gasteiger partial charge in [-0.3, -0.25) is 4.79 Å². The van der Waals surface area contributed by atoms with E-state index < -0.39 is 11.7 Å². The lowest BCUT2D eigenvalue weighted by Gasteiger charge is -2.15. The Bertz CT molecular complexity index is 400. The van der Waals surface area contributed by atoms with Crippen LogP contribution in [0.3, 0.4) is 0 Å². The van der Waals surface area contributed by atoms with Crippen LogP contribution in [0, 0.1) is 5.82 Å². The molecule has 0 spiro atoms. The van der Waals surface area contributed by atoms with E-state index in [2.05, 4.69) is 21.2 Å². The molecule has 4 nitrogen and oxygen atoms in total. The van der Waals surface area contributed by atoms with Crippen molar-refractivity contribution in [3.8, 4) is 5.75 Å². The van der Waals surface area contributed by atoms with Gasteiger partial charge in [0.2, 0.25) is 0 Å². The Balaban J connectivity index is 2.75. The predicted octanol–water partition coefficient (Wildman–Crippen LogP) is 1.67. The molecule has 0 aromatic heterocycles. The van der Waals surface area contributed by atoms with Gasteiger partial charge in [0.1, 0.15) is 11.6 Å². The van der Waals surface area contributed by atoms with E-state index in [1.165, 1.54) is 13.2 Å². The maximum absolute atomic E-state index is 12.7. The number of ether oxygens (including phenoxy) is 1. The predicted molar refractivity (Wildman–Crippen MR) is 65.0 cm³/mol. The molecule has 1 amide bonds. The fourth-order valence-corrected chi connectivity index (χ4v) is 1.63. The van der Waals surface area contributed by atoms with Gasteiger partial charge >= 0.3 is 0 Å². The summed E-state index contributed by atoms with van der Waals surface area (Å²) in [7, 11) is 1.52. The molecule has 0 heterocycles. The molecule has 2 N–H and O–H groups in total. The first-order valence-electron chi connectivity index (χ1n) is 4.92. The summed E-state index contributed by atoms with van der Waals surface area (Å²) in [4.78, 5) is 11.8. The van der Waals surface area contributed by atoms with E-state index in [0.29, 0.717) is 11.9 Å². The minimum atomic E-state index is -0.590. The van der Waals surface area contributed by atoms with Gasteiger partial charge in [-0.15, -0.1) is 0 Å². The van der Waals surface area contributed by atoms with Crippen molar-refractivity contribution in [1.29, 1.82) is 0 Å². The number of hydrogen-bond acceptors (Lipinski definition) is 3. The third-order valence-corrected chi connectivity index (χ3v) is 2.88. The highest BCUT2D eigenvalue weighted by molar-refractivity contribution is 9.09. The highest BCUT2D eigenvalue weighted by Gasteiger charge is 2.15. The topological polar surface area (TPSA) is 58.6 Å². The number of alkyl halides is 1. The third-order valence-electron chi connectivity index (χ3n) is 2.09. The van der Waals surface area contributed by atoms with Gasteiger partial charge < -0.3 is 15.2 Å². The fourth-order valence-electron chi connectivity index (χ4n) is 1.29. The molecule has 0 aliphatic heterocycles. The van der Waals surface area contributed by atoms with Crippen molar-refractivity contribution in [2.75, 3.05) is 19.0 Å². The summed E-state index contributed by atoms with van der Waals surface area (Å²) in [5.41, 5.74) is 0.0356. The molecule has 0 bridgehead atoms. The highest BCUT2D eigenvalue weighted by atomic mass is 79.9. The van der Waals surface area contributed by atoms with Crippen molar-refractivity contribution in [3.63, 3.8) is 0 Å². The molecule has 0 aliphatic rings. The van der Waals surface area contributed by atoms with Crippen LogP contribution in [-0.4, -0.2) is 36.1 Å². The zero-order chi connectivity index (χ0) is 12.8. The van der Waals surface area contributed by atoms with Crippen LogP contribution in [0.4, 0.5) is 4.39 Å². The van der Waals surface area contributed by atoms with Crippen molar-refractivity contribution in [3.05, 3.63) is 29.6 Å². The number of amides is 1. The Labute approximate surface area is 107 Å². The Morgan fingerprint density at radius 1 is 1.65 bits per heavy atom. The summed E-state index contributed by atoms with van der Waals surface area (Å²) in [6.07, 6.45) is 0. The van der Waals surface area contributed by atoms with Crippen LogP contribution in [0.2, 0.25) is 0 Å². The second kappa shape index (κ2) is 6.56. The Hall–Kier alpha value is -1.14. The zero-order valence-electron chi connectivity index (χ0n) is 9.24. The van der Waals surface area contributed by atoms with Crippen molar-refractivity contribution < 1.29 is 19.0 Å². The standard InChI is InChI=1S/C11H13BrFNO3/c1-17-6-8(5-12)14-11(16)9-3-2-7(13)4-10(9)15/h2-4,8,15H,5-6H2,1H3,(H,14,16). The lowest BCUT2D eigenvalue weighted by atomic mass is 10.1. The van der Waals surface area contributed by atoms with Crippen LogP contribution in [0.15, 0.2) is 18.2 Å². The number of phenols is 1. The largest absolute Gasteiger partial charge is 0.507 e. The van der Waals surface area contributed by atoms with Gasteiger partial charge in [0.25, 0.3) is 5.91 Å². The second-order valence-corrected chi connectivity index (χ2v) is 4.09. The van der Waals surface area contributed by atoms with Gasteiger partial charge in [-0.25, -0.2) is 4.39 Å². The van der Waals surface area contributed by atoms with E-state index >= 15 is 0 Å². The zero-order valence-corrected chi connectivity index (χ0v) is 10.8. The summed E-state index contributed by atoms with van der Waals surface area (Å²) in [5, 5.41) is 12.6. The molecule has 0 aliphatic carbocycles. The van der Waals surface area contributed by atoms with E-state index in [4.69, 9.17) is 4.74 Å². The average Bonchev–Trinajstić information content (AvgIpc) is 2.28. The molecule has 17 heavy (non-hydrogen) atoms. The van der Waals surface area contributed by atoms with E-state index in [0.717, 1.165) is 12.1 Å². The molecular weight excluding hydrogens is 293 g/mol. The first-order valence-corrected chi connectivity index (χ1v) is 6.05. The van der Waals surface area contributed by atoms with Gasteiger partial charge in [0.15, 0.2) is 0 Å². The number of benzene rings is 1. The lowest BCUT2D eigenvalue weighted by molar-refractivity contribution is 0.0905. The molecule has 1 aromatic carbocycles. The molecule has 1 unspecified atom stereocenters. The number of rotatable bonds is 5. The normalized spacial score (nSPS) is 12.2. The van der Waals surface area contributed by atoms with Gasteiger partial charge in [-0.05, 0) is 12.1 Å². The van der Waals surface area contributed by atoms with Crippen LogP contribution in [-0.2, 0) is 4.74 Å². The lowest BCUT2D eigenvalue weighted by Crippen LogP contribution is -2.39. The molecule has 0 saturated heterocycles. The smallest absolute Gasteiger partial charge is 0.255 e. The van der Waals surface area contributed by atoms with Crippen molar-refractivity contribution >= 4 is 21.8 Å². The van der Waals surface area contributed by atoms with Crippen LogP contribution in [0.25, 0.3) is 0 Å². The van der Waals surface area contributed by atoms with Gasteiger partial charge in [0.05, 0.1) is 18.2 Å². The van der Waals surface area contributed by atoms with Gasteiger partial charge in [-0.1, -0.05) is 15.9 Å². The van der Waals surface area contributed by atoms with Crippen molar-refractivity contribution in [2.45, 2.75) is 6.04 Å². The Morgan fingerprint density at radius 2 is 2.35 bits per heavy atom. The van der Waals surface area contributed by atoms with Crippen molar-refractivity contribution in [1.82, 2.24) is 5.32 Å². The first kappa shape index (κ1) is 13.9. The Kier molecular flexibility index (Phi) is 5.37. The molecule has 1 rings (SSSR count). The number of hydrogen-bond donors (Lipinski definition) is 2. The molecule has 0 saturated carbocycles. The number of phenolic OH excluding ortho intramolecular Hbond substituents is 1. The van der Waals surface area contributed by atoms with E-state index in [1.54, 1.807) is 0 Å². The van der Waals surface area contributed by atoms with Gasteiger partial charge in [0, 0.05) is 18.5 Å². The highest BCUT2D eigenvalue weighted by Crippen LogP contribution is 2.17. The minimum absolute atomic E-state index is 0.0356. The van der Waals surface area contributed by atoms with Gasteiger partial charge in [-0.2, -0.15) is 0 Å². The van der Waals surface area contributed by atoms with Crippen LogP contribution in [0.5, 0.6) is 5.75 Å². The summed E-state index contributed by atoms with van der Waals surface area (Å²) in [6.45, 7) is 0.346. The van der Waals surface area contributed by atoms with Crippen LogP contribution in [0.1, 0.15) is 10.4 Å². The number of aromatic hydroxyl groups is 1. The molecule has 1 atom stereocenters. The number of methoxy groups -OCH3 is 1. The molecule has 94 valence electrons. The van der Waals surface area contributed by atoms with E-state index in [1.807, 2.05) is 0 Å². The number of carbonyl (C=O) groups is 1. The minimum Gasteiger partial charge on any atom is -0.507 e. The van der Waals surface area contributed by atoms with E-state index in [9.17, 15) is 14.3 Å². The SMILES string of the molecule is COCC(CBr)NC(=O)c1ccc(F)cc1O. The molecule has 1 aromatic rings. The third kappa shape index (κ3) is 3.98. The maximum atomic E-state index is 12.7. The van der Waals surface area contributed by atoms with Crippen molar-refractivity contribution in [2.24, 2.45) is 0 Å². The quantitative estimate of drug-likeness (QED) is 0.814. The second-order valence-electron chi connectivity index (χ2n) is 3.44. The number of halogens is 2. The maximum Gasteiger partial charge on any atom is 0.255 e. The van der Waals surface area contributed by atoms with E-state index in [-0.39, 0.29) is 17.4 Å². The number of carbonyl (C=O) groups excluding carboxylic acids is 1. The first-order chi connectivity index (χ1) is 8.08. The summed E-state index contributed by atoms with van der Waals surface area (Å²) < 4.78 is 17.7. The molecular formula is C11H13BrFNO3.